The quantitative estimate of drug-likeness (QED) is 0.402. The second-order valence-corrected chi connectivity index (χ2v) is 9.71. The zero-order chi connectivity index (χ0) is 27.7. The number of piperazine rings is 1. The van der Waals surface area contributed by atoms with Crippen LogP contribution in [0.25, 0.3) is 0 Å². The summed E-state index contributed by atoms with van der Waals surface area (Å²) in [6.07, 6.45) is -11.5. The van der Waals surface area contributed by atoms with Gasteiger partial charge in [0.2, 0.25) is 0 Å². The third-order valence-electron chi connectivity index (χ3n) is 7.07. The molecule has 4 atom stereocenters. The van der Waals surface area contributed by atoms with Gasteiger partial charge in [-0.15, -0.1) is 0 Å². The Labute approximate surface area is 215 Å². The minimum atomic E-state index is -4.98. The fraction of sp³-hybridized carbons (Fsp3) is 0.538. The van der Waals surface area contributed by atoms with Crippen molar-refractivity contribution in [1.29, 1.82) is 0 Å². The maximum absolute atomic E-state index is 13.7. The van der Waals surface area contributed by atoms with Crippen LogP contribution in [0.2, 0.25) is 0 Å². The third kappa shape index (κ3) is 7.03. The normalized spacial score (nSPS) is 24.9. The van der Waals surface area contributed by atoms with Gasteiger partial charge in [-0.2, -0.15) is 26.3 Å². The van der Waals surface area contributed by atoms with Gasteiger partial charge >= 0.3 is 12.4 Å². The van der Waals surface area contributed by atoms with Gasteiger partial charge in [-0.3, -0.25) is 0 Å². The van der Waals surface area contributed by atoms with Gasteiger partial charge < -0.3 is 24.6 Å². The Morgan fingerprint density at radius 1 is 0.947 bits per heavy atom. The molecule has 0 aromatic heterocycles. The smallest absolute Gasteiger partial charge is 0.416 e. The van der Waals surface area contributed by atoms with Crippen LogP contribution in [0.5, 0.6) is 0 Å². The van der Waals surface area contributed by atoms with Crippen molar-refractivity contribution in [2.75, 3.05) is 39.3 Å². The van der Waals surface area contributed by atoms with Crippen LogP contribution in [-0.2, 0) is 21.8 Å². The highest BCUT2D eigenvalue weighted by molar-refractivity contribution is 5.35. The molecule has 12 heteroatoms. The van der Waals surface area contributed by atoms with Gasteiger partial charge in [0.15, 0.2) is 6.29 Å². The predicted molar refractivity (Wildman–Crippen MR) is 124 cm³/mol. The van der Waals surface area contributed by atoms with Gasteiger partial charge in [-0.25, -0.2) is 4.39 Å². The summed E-state index contributed by atoms with van der Waals surface area (Å²) in [5, 5.41) is 12.6. The number of alkyl halides is 6. The van der Waals surface area contributed by atoms with E-state index in [1.807, 2.05) is 0 Å². The first kappa shape index (κ1) is 28.8. The Bertz CT molecular complexity index is 1040. The molecule has 2 aromatic carbocycles. The molecule has 2 aliphatic heterocycles. The van der Waals surface area contributed by atoms with E-state index >= 15 is 0 Å². The molecule has 2 aliphatic rings. The third-order valence-corrected chi connectivity index (χ3v) is 7.07. The summed E-state index contributed by atoms with van der Waals surface area (Å²) < 4.78 is 106. The van der Waals surface area contributed by atoms with Crippen molar-refractivity contribution in [2.24, 2.45) is 5.92 Å². The molecule has 0 bridgehead atoms. The van der Waals surface area contributed by atoms with Gasteiger partial charge in [0, 0.05) is 25.6 Å². The van der Waals surface area contributed by atoms with Crippen molar-refractivity contribution in [3.63, 3.8) is 0 Å². The molecule has 5 nitrogen and oxygen atoms in total. The van der Waals surface area contributed by atoms with Crippen LogP contribution in [0, 0.1) is 16.9 Å². The van der Waals surface area contributed by atoms with E-state index < -0.39 is 47.6 Å². The molecule has 2 heterocycles. The molecule has 4 rings (SSSR count). The highest BCUT2D eigenvalue weighted by Gasteiger charge is 2.40. The Morgan fingerprint density at radius 3 is 2.08 bits per heavy atom. The predicted octanol–water partition coefficient (Wildman–Crippen LogP) is 6.20. The lowest BCUT2D eigenvalue weighted by Crippen LogP contribution is -2.48. The molecule has 2 saturated heterocycles. The lowest BCUT2D eigenvalue weighted by Gasteiger charge is -2.44. The Balaban J connectivity index is 1.61. The maximum atomic E-state index is 13.7. The van der Waals surface area contributed by atoms with Gasteiger partial charge in [0.05, 0.1) is 23.8 Å². The van der Waals surface area contributed by atoms with Crippen molar-refractivity contribution in [2.45, 2.75) is 44.0 Å². The molecule has 0 saturated carbocycles. The number of hydrogen-bond donors (Lipinski definition) is 0. The zero-order valence-corrected chi connectivity index (χ0v) is 20.6. The fourth-order valence-corrected chi connectivity index (χ4v) is 5.02. The van der Waals surface area contributed by atoms with Gasteiger partial charge in [0.1, 0.15) is 5.82 Å². The van der Waals surface area contributed by atoms with Crippen LogP contribution in [-0.4, -0.2) is 55.6 Å². The van der Waals surface area contributed by atoms with Crippen molar-refractivity contribution in [3.05, 3.63) is 75.7 Å². The first-order valence-corrected chi connectivity index (χ1v) is 12.3. The van der Waals surface area contributed by atoms with Crippen molar-refractivity contribution in [1.82, 2.24) is 9.96 Å². The molecule has 210 valence electrons. The van der Waals surface area contributed by atoms with Crippen LogP contribution < -0.4 is 0 Å². The molecule has 0 radical (unpaired) electrons. The van der Waals surface area contributed by atoms with Gasteiger partial charge in [-0.05, 0) is 73.8 Å². The van der Waals surface area contributed by atoms with E-state index in [0.717, 1.165) is 5.06 Å². The Kier molecular flexibility index (Phi) is 8.68. The second kappa shape index (κ2) is 11.5. The fourth-order valence-electron chi connectivity index (χ4n) is 5.02. The minimum Gasteiger partial charge on any atom is -0.785 e. The van der Waals surface area contributed by atoms with E-state index in [-0.39, 0.29) is 24.2 Å². The molecule has 1 unspecified atom stereocenters. The van der Waals surface area contributed by atoms with Crippen LogP contribution >= 0.6 is 0 Å². The SMILES string of the molecule is CC(O[C@H]1OCC[C@H](CN2CCN([O-])CC2)[C@H]1c1ccc(F)cc1)c1cc(C(F)(F)F)cc(C(F)(F)F)c1. The highest BCUT2D eigenvalue weighted by atomic mass is 19.4. The lowest BCUT2D eigenvalue weighted by atomic mass is 9.81. The Hall–Kier alpha value is -2.25. The van der Waals surface area contributed by atoms with Crippen molar-refractivity contribution < 1.29 is 40.2 Å². The van der Waals surface area contributed by atoms with E-state index in [4.69, 9.17) is 9.47 Å². The van der Waals surface area contributed by atoms with E-state index in [0.29, 0.717) is 56.8 Å². The molecule has 38 heavy (non-hydrogen) atoms. The topological polar surface area (TPSA) is 48.0 Å². The van der Waals surface area contributed by atoms with Crippen LogP contribution in [0.4, 0.5) is 30.7 Å². The molecule has 2 aromatic rings. The van der Waals surface area contributed by atoms with Crippen LogP contribution in [0.15, 0.2) is 42.5 Å². The van der Waals surface area contributed by atoms with E-state index in [1.54, 1.807) is 12.1 Å². The summed E-state index contributed by atoms with van der Waals surface area (Å²) >= 11 is 0. The van der Waals surface area contributed by atoms with Crippen LogP contribution in [0.3, 0.4) is 0 Å². The van der Waals surface area contributed by atoms with Crippen molar-refractivity contribution >= 4 is 0 Å². The number of halogens is 7. The monoisotopic (exact) mass is 549 g/mol. The summed E-state index contributed by atoms with van der Waals surface area (Å²) in [6.45, 7) is 4.05. The summed E-state index contributed by atoms with van der Waals surface area (Å²) in [6, 6.07) is 7.08. The molecule has 0 amide bonds. The first-order chi connectivity index (χ1) is 17.8. The standard InChI is InChI=1S/C26H28F7N2O3/c1-16(19-12-20(25(28,29)30)14-21(13-19)26(31,32)33)38-24-23(17-2-4-22(27)5-3-17)18(6-11-37-24)15-34-7-9-35(36)10-8-34/h2-5,12-14,16,18,23-24H,6-11,15H2,1H3/q-1/t16?,18-,23-,24-/m1/s1. The number of nitrogens with zero attached hydrogens (tertiary/aromatic N) is 2. The first-order valence-electron chi connectivity index (χ1n) is 12.3. The van der Waals surface area contributed by atoms with Crippen LogP contribution in [0.1, 0.15) is 47.6 Å². The zero-order valence-electron chi connectivity index (χ0n) is 20.6. The number of benzene rings is 2. The largest absolute Gasteiger partial charge is 0.785 e. The summed E-state index contributed by atoms with van der Waals surface area (Å²) in [5.74, 6) is -0.995. The molecular weight excluding hydrogens is 521 g/mol. The Morgan fingerprint density at radius 2 is 1.53 bits per heavy atom. The average molecular weight is 550 g/mol. The molecule has 0 aliphatic carbocycles. The highest BCUT2D eigenvalue weighted by Crippen LogP contribution is 2.41. The minimum absolute atomic E-state index is 0.0724. The molecule has 2 fully saturated rings. The van der Waals surface area contributed by atoms with E-state index in [2.05, 4.69) is 4.90 Å². The summed E-state index contributed by atoms with van der Waals surface area (Å²) in [4.78, 5) is 2.13. The average Bonchev–Trinajstić information content (AvgIpc) is 2.85. The van der Waals surface area contributed by atoms with Gasteiger partial charge in [0.25, 0.3) is 0 Å². The van der Waals surface area contributed by atoms with E-state index in [9.17, 15) is 35.9 Å². The molecular formula is C26H28F7N2O3-. The number of rotatable bonds is 6. The number of ether oxygens (including phenoxy) is 2. The second-order valence-electron chi connectivity index (χ2n) is 9.71. The maximum Gasteiger partial charge on any atom is 0.416 e. The lowest BCUT2D eigenvalue weighted by molar-refractivity contribution is -0.210. The molecule has 0 spiro atoms. The van der Waals surface area contributed by atoms with E-state index in [1.165, 1.54) is 19.1 Å². The summed E-state index contributed by atoms with van der Waals surface area (Å²) in [5.41, 5.74) is -2.46. The summed E-state index contributed by atoms with van der Waals surface area (Å²) in [7, 11) is 0. The van der Waals surface area contributed by atoms with Crippen molar-refractivity contribution in [3.8, 4) is 0 Å². The number of hydrogen-bond acceptors (Lipinski definition) is 5. The molecule has 0 N–H and O–H groups in total. The number of hydroxylamine groups is 2. The van der Waals surface area contributed by atoms with Gasteiger partial charge in [-0.1, -0.05) is 12.1 Å².